The zero-order valence-electron chi connectivity index (χ0n) is 11.4. The van der Waals surface area contributed by atoms with E-state index in [-0.39, 0.29) is 0 Å². The number of nitrogen functional groups attached to an aromatic ring is 2. The molecule has 17 heavy (non-hydrogen) atoms. The van der Waals surface area contributed by atoms with Crippen LogP contribution in [0.2, 0.25) is 0 Å². The van der Waals surface area contributed by atoms with E-state index in [1.807, 2.05) is 6.07 Å². The summed E-state index contributed by atoms with van der Waals surface area (Å²) in [6.07, 6.45) is 2.45. The maximum absolute atomic E-state index is 5.90. The van der Waals surface area contributed by atoms with E-state index in [9.17, 15) is 0 Å². The maximum atomic E-state index is 5.90. The van der Waals surface area contributed by atoms with E-state index >= 15 is 0 Å². The smallest absolute Gasteiger partial charge is 0.0550 e. The van der Waals surface area contributed by atoms with Crippen LogP contribution in [0.15, 0.2) is 18.2 Å². The largest absolute Gasteiger partial charge is 0.397 e. The van der Waals surface area contributed by atoms with Gasteiger partial charge in [0, 0.05) is 0 Å². The summed E-state index contributed by atoms with van der Waals surface area (Å²) in [7, 11) is 0. The number of nitrogens with two attached hydrogens (primary N) is 2. The molecule has 1 saturated carbocycles. The van der Waals surface area contributed by atoms with E-state index in [0.29, 0.717) is 28.1 Å². The molecule has 0 bridgehead atoms. The van der Waals surface area contributed by atoms with Crippen LogP contribution < -0.4 is 11.5 Å². The van der Waals surface area contributed by atoms with Crippen molar-refractivity contribution in [1.29, 1.82) is 0 Å². The van der Waals surface area contributed by atoms with Crippen molar-refractivity contribution in [3.8, 4) is 0 Å². The van der Waals surface area contributed by atoms with Gasteiger partial charge in [-0.3, -0.25) is 0 Å². The van der Waals surface area contributed by atoms with Crippen LogP contribution in [-0.2, 0) is 0 Å². The summed E-state index contributed by atoms with van der Waals surface area (Å²) in [5.74, 6) is 0.614. The molecule has 1 aliphatic carbocycles. The number of hydrogen-bond donors (Lipinski definition) is 2. The van der Waals surface area contributed by atoms with E-state index < -0.39 is 0 Å². The third-order valence-electron chi connectivity index (χ3n) is 4.93. The third kappa shape index (κ3) is 2.01. The minimum absolute atomic E-state index is 0.383. The molecule has 0 heterocycles. The van der Waals surface area contributed by atoms with Gasteiger partial charge in [0.25, 0.3) is 0 Å². The molecule has 1 aromatic carbocycles. The van der Waals surface area contributed by atoms with Crippen molar-refractivity contribution in [3.05, 3.63) is 23.8 Å². The van der Waals surface area contributed by atoms with Gasteiger partial charge in [-0.2, -0.15) is 0 Å². The van der Waals surface area contributed by atoms with Crippen LogP contribution in [0.4, 0.5) is 11.4 Å². The molecule has 1 aliphatic rings. The molecule has 1 aromatic rings. The Morgan fingerprint density at radius 2 is 1.47 bits per heavy atom. The van der Waals surface area contributed by atoms with Gasteiger partial charge in [0.05, 0.1) is 11.4 Å². The van der Waals surface area contributed by atoms with E-state index in [4.69, 9.17) is 11.5 Å². The van der Waals surface area contributed by atoms with Crippen molar-refractivity contribution in [2.24, 2.45) is 10.8 Å². The highest BCUT2D eigenvalue weighted by atomic mass is 14.7. The van der Waals surface area contributed by atoms with E-state index in [2.05, 4.69) is 39.8 Å². The van der Waals surface area contributed by atoms with Crippen LogP contribution in [0.5, 0.6) is 0 Å². The van der Waals surface area contributed by atoms with Gasteiger partial charge >= 0.3 is 0 Å². The second-order valence-electron chi connectivity index (χ2n) is 6.76. The van der Waals surface area contributed by atoms with Gasteiger partial charge < -0.3 is 11.5 Å². The van der Waals surface area contributed by atoms with Crippen LogP contribution in [0, 0.1) is 10.8 Å². The second kappa shape index (κ2) is 3.66. The van der Waals surface area contributed by atoms with E-state index in [0.717, 1.165) is 0 Å². The highest BCUT2D eigenvalue weighted by molar-refractivity contribution is 5.64. The predicted molar refractivity (Wildman–Crippen MR) is 74.8 cm³/mol. The van der Waals surface area contributed by atoms with Gasteiger partial charge in [0.15, 0.2) is 0 Å². The molecule has 2 nitrogen and oxygen atoms in total. The second-order valence-corrected chi connectivity index (χ2v) is 6.76. The molecule has 2 heteroatoms. The van der Waals surface area contributed by atoms with Crippen molar-refractivity contribution in [2.75, 3.05) is 11.5 Å². The number of anilines is 2. The number of hydrogen-bond acceptors (Lipinski definition) is 2. The maximum Gasteiger partial charge on any atom is 0.0550 e. The van der Waals surface area contributed by atoms with Crippen LogP contribution in [0.3, 0.4) is 0 Å². The minimum Gasteiger partial charge on any atom is -0.397 e. The molecule has 2 rings (SSSR count). The minimum atomic E-state index is 0.383. The van der Waals surface area contributed by atoms with Gasteiger partial charge in [-0.1, -0.05) is 33.8 Å². The SMILES string of the molecule is CC1(C)CC(c2ccc(N)c(N)c2)CC1(C)C. The van der Waals surface area contributed by atoms with Crippen LogP contribution in [0.1, 0.15) is 52.0 Å². The first-order valence-electron chi connectivity index (χ1n) is 6.38. The van der Waals surface area contributed by atoms with Crippen molar-refractivity contribution >= 4 is 11.4 Å². The summed E-state index contributed by atoms with van der Waals surface area (Å²) in [5, 5.41) is 0. The standard InChI is InChI=1S/C15H24N2/c1-14(2)8-11(9-15(14,3)4)10-5-6-12(16)13(17)7-10/h5-7,11H,8-9,16-17H2,1-4H3. The fourth-order valence-corrected chi connectivity index (χ4v) is 2.94. The Balaban J connectivity index is 2.29. The fraction of sp³-hybridized carbons (Fsp3) is 0.600. The topological polar surface area (TPSA) is 52.0 Å². The Kier molecular flexibility index (Phi) is 2.64. The molecule has 0 aromatic heterocycles. The van der Waals surface area contributed by atoms with Gasteiger partial charge in [0.2, 0.25) is 0 Å². The van der Waals surface area contributed by atoms with Crippen molar-refractivity contribution in [3.63, 3.8) is 0 Å². The van der Waals surface area contributed by atoms with Gasteiger partial charge in [0.1, 0.15) is 0 Å². The van der Waals surface area contributed by atoms with Gasteiger partial charge in [-0.25, -0.2) is 0 Å². The Morgan fingerprint density at radius 3 is 1.94 bits per heavy atom. The highest BCUT2D eigenvalue weighted by Gasteiger charge is 2.46. The number of rotatable bonds is 1. The molecule has 0 unspecified atom stereocenters. The molecule has 0 saturated heterocycles. The first-order valence-corrected chi connectivity index (χ1v) is 6.38. The Morgan fingerprint density at radius 1 is 0.941 bits per heavy atom. The van der Waals surface area contributed by atoms with Crippen LogP contribution >= 0.6 is 0 Å². The highest BCUT2D eigenvalue weighted by Crippen LogP contribution is 2.57. The lowest BCUT2D eigenvalue weighted by Gasteiger charge is -2.34. The molecular weight excluding hydrogens is 208 g/mol. The molecular formula is C15H24N2. The van der Waals surface area contributed by atoms with E-state index in [1.54, 1.807) is 0 Å². The molecule has 0 amide bonds. The molecule has 0 spiro atoms. The van der Waals surface area contributed by atoms with Crippen molar-refractivity contribution in [1.82, 2.24) is 0 Å². The average molecular weight is 232 g/mol. The number of benzene rings is 1. The summed E-state index contributed by atoms with van der Waals surface area (Å²) >= 11 is 0. The van der Waals surface area contributed by atoms with Gasteiger partial charge in [-0.15, -0.1) is 0 Å². The Bertz CT molecular complexity index is 417. The molecule has 0 atom stereocenters. The first-order chi connectivity index (χ1) is 7.73. The first kappa shape index (κ1) is 12.3. The van der Waals surface area contributed by atoms with Gasteiger partial charge in [-0.05, 0) is 47.3 Å². The Hall–Kier alpha value is -1.18. The third-order valence-corrected chi connectivity index (χ3v) is 4.93. The molecule has 0 radical (unpaired) electrons. The summed E-state index contributed by atoms with van der Waals surface area (Å²) < 4.78 is 0. The molecule has 4 N–H and O–H groups in total. The summed E-state index contributed by atoms with van der Waals surface area (Å²) in [5.41, 5.74) is 15.2. The van der Waals surface area contributed by atoms with Crippen LogP contribution in [-0.4, -0.2) is 0 Å². The predicted octanol–water partition coefficient (Wildman–Crippen LogP) is 3.78. The fourth-order valence-electron chi connectivity index (χ4n) is 2.94. The monoisotopic (exact) mass is 232 g/mol. The lowest BCUT2D eigenvalue weighted by molar-refractivity contribution is 0.157. The average Bonchev–Trinajstić information content (AvgIpc) is 2.41. The molecule has 94 valence electrons. The lowest BCUT2D eigenvalue weighted by atomic mass is 9.71. The van der Waals surface area contributed by atoms with Crippen molar-refractivity contribution < 1.29 is 0 Å². The van der Waals surface area contributed by atoms with E-state index in [1.165, 1.54) is 18.4 Å². The normalized spacial score (nSPS) is 22.8. The van der Waals surface area contributed by atoms with Crippen molar-refractivity contribution in [2.45, 2.75) is 46.5 Å². The molecule has 1 fully saturated rings. The van der Waals surface area contributed by atoms with Crippen LogP contribution in [0.25, 0.3) is 0 Å². The zero-order chi connectivity index (χ0) is 12.8. The molecule has 0 aliphatic heterocycles. The Labute approximate surface area is 104 Å². The summed E-state index contributed by atoms with van der Waals surface area (Å²) in [6, 6.07) is 6.12. The lowest BCUT2D eigenvalue weighted by Crippen LogP contribution is -2.25. The zero-order valence-corrected chi connectivity index (χ0v) is 11.4. The quantitative estimate of drug-likeness (QED) is 0.724. The summed E-state index contributed by atoms with van der Waals surface area (Å²) in [4.78, 5) is 0. The summed E-state index contributed by atoms with van der Waals surface area (Å²) in [6.45, 7) is 9.47.